The van der Waals surface area contributed by atoms with Crippen LogP contribution in [0.15, 0.2) is 47.3 Å². The second kappa shape index (κ2) is 7.32. The number of likely N-dealkylation sites (tertiary alicyclic amines) is 1. The summed E-state index contributed by atoms with van der Waals surface area (Å²) in [5.74, 6) is 0.702. The third kappa shape index (κ3) is 3.48. The minimum absolute atomic E-state index is 0.0463. The van der Waals surface area contributed by atoms with Crippen LogP contribution in [0.25, 0.3) is 0 Å². The molecule has 3 aromatic rings. The molecule has 1 atom stereocenters. The van der Waals surface area contributed by atoms with E-state index in [0.29, 0.717) is 28.7 Å². The Morgan fingerprint density at radius 2 is 2.15 bits per heavy atom. The van der Waals surface area contributed by atoms with Crippen molar-refractivity contribution >= 4 is 29.0 Å². The summed E-state index contributed by atoms with van der Waals surface area (Å²) in [5.41, 5.74) is 0.353. The maximum Gasteiger partial charge on any atom is 0.276 e. The molecule has 1 unspecified atom stereocenters. The quantitative estimate of drug-likeness (QED) is 0.744. The highest BCUT2D eigenvalue weighted by molar-refractivity contribution is 7.14. The second-order valence-corrected chi connectivity index (χ2v) is 7.40. The predicted molar refractivity (Wildman–Crippen MR) is 101 cm³/mol. The van der Waals surface area contributed by atoms with Crippen molar-refractivity contribution in [1.82, 2.24) is 14.9 Å². The van der Waals surface area contributed by atoms with E-state index in [2.05, 4.69) is 15.3 Å². The molecule has 1 N–H and O–H groups in total. The van der Waals surface area contributed by atoms with E-state index in [9.17, 15) is 9.59 Å². The predicted octanol–water partition coefficient (Wildman–Crippen LogP) is 3.67. The molecule has 138 valence electrons. The van der Waals surface area contributed by atoms with E-state index in [4.69, 9.17) is 4.42 Å². The second-order valence-electron chi connectivity index (χ2n) is 6.28. The molecule has 27 heavy (non-hydrogen) atoms. The van der Waals surface area contributed by atoms with Crippen LogP contribution in [0.4, 0.5) is 5.82 Å². The van der Waals surface area contributed by atoms with Gasteiger partial charge in [0.25, 0.3) is 11.8 Å². The number of rotatable bonds is 4. The summed E-state index contributed by atoms with van der Waals surface area (Å²) in [6.45, 7) is 2.40. The molecule has 0 bridgehead atoms. The molecule has 1 aliphatic rings. The van der Waals surface area contributed by atoms with Crippen LogP contribution in [-0.2, 0) is 0 Å². The zero-order chi connectivity index (χ0) is 18.8. The summed E-state index contributed by atoms with van der Waals surface area (Å²) >= 11 is 1.40. The van der Waals surface area contributed by atoms with Crippen LogP contribution in [0.1, 0.15) is 49.7 Å². The molecule has 8 heteroatoms. The average molecular weight is 382 g/mol. The first kappa shape index (κ1) is 17.4. The molecule has 3 aromatic heterocycles. The highest BCUT2D eigenvalue weighted by atomic mass is 32.1. The van der Waals surface area contributed by atoms with Gasteiger partial charge in [0.2, 0.25) is 0 Å². The van der Waals surface area contributed by atoms with Crippen molar-refractivity contribution in [1.29, 1.82) is 0 Å². The van der Waals surface area contributed by atoms with Crippen LogP contribution < -0.4 is 5.32 Å². The fourth-order valence-electron chi connectivity index (χ4n) is 3.22. The van der Waals surface area contributed by atoms with Gasteiger partial charge in [-0.2, -0.15) is 0 Å². The highest BCUT2D eigenvalue weighted by Gasteiger charge is 2.33. The molecule has 0 radical (unpaired) electrons. The third-order valence-corrected chi connectivity index (χ3v) is 5.73. The number of aromatic nitrogens is 2. The highest BCUT2D eigenvalue weighted by Crippen LogP contribution is 2.37. The number of pyridine rings is 1. The molecule has 1 saturated heterocycles. The number of nitrogens with one attached hydrogen (secondary N) is 1. The van der Waals surface area contributed by atoms with Gasteiger partial charge in [-0.3, -0.25) is 9.59 Å². The fourth-order valence-corrected chi connectivity index (χ4v) is 4.27. The average Bonchev–Trinajstić information content (AvgIpc) is 3.42. The molecule has 0 aliphatic carbocycles. The fraction of sp³-hybridized carbons (Fsp3) is 0.263. The molecule has 0 saturated carbocycles. The Labute approximate surface area is 160 Å². The van der Waals surface area contributed by atoms with Crippen molar-refractivity contribution in [2.24, 2.45) is 0 Å². The standard InChI is InChI=1S/C19H18N4O3S/c1-12-17(21-11-26-12)19(25)23-10-4-5-13(23)14-7-8-15(27-14)18(24)22-16-6-2-3-9-20-16/h2-3,6-9,11,13H,4-5,10H2,1H3,(H,20,22,24). The van der Waals surface area contributed by atoms with Gasteiger partial charge < -0.3 is 14.6 Å². The maximum absolute atomic E-state index is 12.8. The minimum atomic E-state index is -0.201. The largest absolute Gasteiger partial charge is 0.448 e. The molecule has 1 aliphatic heterocycles. The van der Waals surface area contributed by atoms with Crippen molar-refractivity contribution in [3.63, 3.8) is 0 Å². The van der Waals surface area contributed by atoms with E-state index in [1.807, 2.05) is 17.0 Å². The number of hydrogen-bond acceptors (Lipinski definition) is 6. The molecule has 4 heterocycles. The number of nitrogens with zero attached hydrogens (tertiary/aromatic N) is 3. The summed E-state index contributed by atoms with van der Waals surface area (Å²) in [4.78, 5) is 36.8. The van der Waals surface area contributed by atoms with E-state index in [1.54, 1.807) is 31.3 Å². The van der Waals surface area contributed by atoms with Gasteiger partial charge in [0.05, 0.1) is 10.9 Å². The Balaban J connectivity index is 1.51. The topological polar surface area (TPSA) is 88.3 Å². The first-order valence-corrected chi connectivity index (χ1v) is 9.48. The molecule has 2 amide bonds. The lowest BCUT2D eigenvalue weighted by Crippen LogP contribution is -2.30. The molecular formula is C19H18N4O3S. The van der Waals surface area contributed by atoms with E-state index < -0.39 is 0 Å². The van der Waals surface area contributed by atoms with Gasteiger partial charge in [-0.15, -0.1) is 11.3 Å². The summed E-state index contributed by atoms with van der Waals surface area (Å²) in [6.07, 6.45) is 4.70. The number of thiophene rings is 1. The Morgan fingerprint density at radius 3 is 2.89 bits per heavy atom. The number of hydrogen-bond donors (Lipinski definition) is 1. The van der Waals surface area contributed by atoms with Crippen LogP contribution in [0.2, 0.25) is 0 Å². The number of amides is 2. The molecule has 7 nitrogen and oxygen atoms in total. The van der Waals surface area contributed by atoms with Gasteiger partial charge in [-0.1, -0.05) is 6.07 Å². The lowest BCUT2D eigenvalue weighted by Gasteiger charge is -2.23. The van der Waals surface area contributed by atoms with Gasteiger partial charge >= 0.3 is 0 Å². The molecule has 4 rings (SSSR count). The Hall–Kier alpha value is -3.00. The van der Waals surface area contributed by atoms with Crippen molar-refractivity contribution < 1.29 is 14.0 Å². The zero-order valence-electron chi connectivity index (χ0n) is 14.7. The first-order valence-electron chi connectivity index (χ1n) is 8.66. The molecule has 0 spiro atoms. The lowest BCUT2D eigenvalue weighted by atomic mass is 10.1. The normalized spacial score (nSPS) is 16.5. The number of carbonyl (C=O) groups is 2. The van der Waals surface area contributed by atoms with Crippen LogP contribution in [0, 0.1) is 6.92 Å². The Morgan fingerprint density at radius 1 is 1.26 bits per heavy atom. The summed E-state index contributed by atoms with van der Waals surface area (Å²) in [7, 11) is 0. The van der Waals surface area contributed by atoms with Gasteiger partial charge in [-0.05, 0) is 44.0 Å². The van der Waals surface area contributed by atoms with E-state index in [0.717, 1.165) is 17.7 Å². The molecular weight excluding hydrogens is 364 g/mol. The van der Waals surface area contributed by atoms with E-state index in [-0.39, 0.29) is 17.9 Å². The zero-order valence-corrected chi connectivity index (χ0v) is 15.5. The smallest absolute Gasteiger partial charge is 0.276 e. The van der Waals surface area contributed by atoms with Gasteiger partial charge in [0.15, 0.2) is 12.1 Å². The summed E-state index contributed by atoms with van der Waals surface area (Å²) in [6, 6.07) is 9.02. The lowest BCUT2D eigenvalue weighted by molar-refractivity contribution is 0.0730. The van der Waals surface area contributed by atoms with Crippen molar-refractivity contribution in [2.75, 3.05) is 11.9 Å². The Bertz CT molecular complexity index is 966. The minimum Gasteiger partial charge on any atom is -0.448 e. The molecule has 0 aromatic carbocycles. The monoisotopic (exact) mass is 382 g/mol. The first-order chi connectivity index (χ1) is 13.1. The van der Waals surface area contributed by atoms with Crippen LogP contribution in [0.3, 0.4) is 0 Å². The third-order valence-electron chi connectivity index (χ3n) is 4.55. The van der Waals surface area contributed by atoms with E-state index in [1.165, 1.54) is 17.7 Å². The number of oxazole rings is 1. The van der Waals surface area contributed by atoms with Crippen LogP contribution in [0.5, 0.6) is 0 Å². The summed E-state index contributed by atoms with van der Waals surface area (Å²) in [5, 5.41) is 2.78. The van der Waals surface area contributed by atoms with Crippen molar-refractivity contribution in [2.45, 2.75) is 25.8 Å². The van der Waals surface area contributed by atoms with E-state index >= 15 is 0 Å². The SMILES string of the molecule is Cc1ocnc1C(=O)N1CCCC1c1ccc(C(=O)Nc2ccccn2)s1. The van der Waals surface area contributed by atoms with Gasteiger partial charge in [0.1, 0.15) is 11.6 Å². The van der Waals surface area contributed by atoms with Crippen molar-refractivity contribution in [3.05, 3.63) is 64.1 Å². The number of anilines is 1. The van der Waals surface area contributed by atoms with Crippen LogP contribution in [-0.4, -0.2) is 33.2 Å². The van der Waals surface area contributed by atoms with Gasteiger partial charge in [0, 0.05) is 17.6 Å². The van der Waals surface area contributed by atoms with Crippen LogP contribution >= 0.6 is 11.3 Å². The maximum atomic E-state index is 12.8. The number of carbonyl (C=O) groups excluding carboxylic acids is 2. The number of aryl methyl sites for hydroxylation is 1. The molecule has 1 fully saturated rings. The summed E-state index contributed by atoms with van der Waals surface area (Å²) < 4.78 is 5.16. The van der Waals surface area contributed by atoms with Gasteiger partial charge in [-0.25, -0.2) is 9.97 Å². The van der Waals surface area contributed by atoms with Crippen molar-refractivity contribution in [3.8, 4) is 0 Å². The Kier molecular flexibility index (Phi) is 4.72.